The maximum absolute atomic E-state index is 11.9. The van der Waals surface area contributed by atoms with E-state index in [0.717, 1.165) is 22.5 Å². The van der Waals surface area contributed by atoms with Crippen LogP contribution in [0.15, 0.2) is 28.9 Å². The number of halogens is 2. The number of hydrogen-bond donors (Lipinski definition) is 1. The van der Waals surface area contributed by atoms with Crippen LogP contribution in [0, 0.1) is 13.8 Å². The molecular formula is C17H16Cl2N4O2. The van der Waals surface area contributed by atoms with Gasteiger partial charge in [-0.25, -0.2) is 5.43 Å². The Kier molecular flexibility index (Phi) is 5.11. The number of aryl methyl sites for hydroxylation is 2. The molecule has 8 heteroatoms. The Morgan fingerprint density at radius 3 is 2.92 bits per heavy atom. The molecule has 25 heavy (non-hydrogen) atoms. The van der Waals surface area contributed by atoms with Crippen molar-refractivity contribution in [3.63, 3.8) is 0 Å². The van der Waals surface area contributed by atoms with E-state index in [1.165, 1.54) is 6.21 Å². The van der Waals surface area contributed by atoms with Crippen molar-refractivity contribution < 1.29 is 9.53 Å². The summed E-state index contributed by atoms with van der Waals surface area (Å²) in [5, 5.41) is 9.20. The summed E-state index contributed by atoms with van der Waals surface area (Å²) >= 11 is 12.1. The summed E-state index contributed by atoms with van der Waals surface area (Å²) in [5.74, 6) is 0.336. The Balaban J connectivity index is 1.63. The van der Waals surface area contributed by atoms with Crippen molar-refractivity contribution >= 4 is 41.4 Å². The first-order chi connectivity index (χ1) is 11.9. The van der Waals surface area contributed by atoms with Crippen molar-refractivity contribution in [1.29, 1.82) is 0 Å². The molecule has 0 radical (unpaired) electrons. The number of carbonyl (C=O) groups is 1. The minimum atomic E-state index is -0.258. The third-order valence-electron chi connectivity index (χ3n) is 3.58. The van der Waals surface area contributed by atoms with Crippen molar-refractivity contribution in [3.8, 4) is 5.75 Å². The Labute approximate surface area is 155 Å². The van der Waals surface area contributed by atoms with Gasteiger partial charge in [-0.2, -0.15) is 10.2 Å². The molecule has 0 saturated carbocycles. The standard InChI is InChI=1S/C17H16Cl2N4O2/c1-10-3-11(2)23(22-10)8-16(24)21-20-7-12-4-13-5-14(18)6-15(19)17(13)25-9-12/h3-7H,8-9H2,1-2H3,(H,21,24)/b20-7+. The average Bonchev–Trinajstić information content (AvgIpc) is 2.84. The van der Waals surface area contributed by atoms with E-state index >= 15 is 0 Å². The lowest BCUT2D eigenvalue weighted by Gasteiger charge is -2.17. The summed E-state index contributed by atoms with van der Waals surface area (Å²) in [7, 11) is 0. The molecule has 0 bridgehead atoms. The molecule has 1 amide bonds. The quantitative estimate of drug-likeness (QED) is 0.654. The Hall–Kier alpha value is -2.31. The van der Waals surface area contributed by atoms with Gasteiger partial charge in [-0.1, -0.05) is 23.2 Å². The SMILES string of the molecule is Cc1cc(C)n(CC(=O)N/N=C/C2=Cc3cc(Cl)cc(Cl)c3OC2)n1. The summed E-state index contributed by atoms with van der Waals surface area (Å²) in [6.07, 6.45) is 3.41. The molecule has 1 aliphatic heterocycles. The zero-order valence-electron chi connectivity index (χ0n) is 13.7. The number of carbonyl (C=O) groups excluding carboxylic acids is 1. The maximum atomic E-state index is 11.9. The van der Waals surface area contributed by atoms with Crippen LogP contribution in [0.5, 0.6) is 5.75 Å². The fraction of sp³-hybridized carbons (Fsp3) is 0.235. The Bertz CT molecular complexity index is 887. The van der Waals surface area contributed by atoms with Crippen molar-refractivity contribution in [3.05, 3.63) is 50.8 Å². The fourth-order valence-electron chi connectivity index (χ4n) is 2.50. The van der Waals surface area contributed by atoms with Crippen LogP contribution in [0.1, 0.15) is 17.0 Å². The highest BCUT2D eigenvalue weighted by molar-refractivity contribution is 6.36. The van der Waals surface area contributed by atoms with E-state index in [0.29, 0.717) is 22.4 Å². The van der Waals surface area contributed by atoms with Crippen LogP contribution in [0.2, 0.25) is 10.0 Å². The van der Waals surface area contributed by atoms with Crippen molar-refractivity contribution in [2.45, 2.75) is 20.4 Å². The van der Waals surface area contributed by atoms with Gasteiger partial charge in [0.25, 0.3) is 5.91 Å². The van der Waals surface area contributed by atoms with E-state index < -0.39 is 0 Å². The second-order valence-electron chi connectivity index (χ2n) is 5.69. The molecule has 0 fully saturated rings. The number of hydrazone groups is 1. The average molecular weight is 379 g/mol. The molecule has 2 heterocycles. The van der Waals surface area contributed by atoms with Crippen molar-refractivity contribution in [1.82, 2.24) is 15.2 Å². The summed E-state index contributed by atoms with van der Waals surface area (Å²) in [6, 6.07) is 5.31. The Morgan fingerprint density at radius 1 is 1.40 bits per heavy atom. The lowest BCUT2D eigenvalue weighted by Crippen LogP contribution is -2.24. The van der Waals surface area contributed by atoms with Crippen LogP contribution in [0.4, 0.5) is 0 Å². The van der Waals surface area contributed by atoms with E-state index in [9.17, 15) is 4.79 Å². The summed E-state index contributed by atoms with van der Waals surface area (Å²) < 4.78 is 7.24. The number of amides is 1. The number of fused-ring (bicyclic) bond motifs is 1. The number of ether oxygens (including phenoxy) is 1. The van der Waals surface area contributed by atoms with Gasteiger partial charge in [0, 0.05) is 21.9 Å². The van der Waals surface area contributed by atoms with E-state index in [1.54, 1.807) is 16.8 Å². The summed E-state index contributed by atoms with van der Waals surface area (Å²) in [4.78, 5) is 11.9. The monoisotopic (exact) mass is 378 g/mol. The molecule has 2 aromatic rings. The molecule has 1 aromatic heterocycles. The second-order valence-corrected chi connectivity index (χ2v) is 6.54. The minimum absolute atomic E-state index is 0.112. The molecule has 1 aromatic carbocycles. The molecule has 0 aliphatic carbocycles. The molecule has 6 nitrogen and oxygen atoms in total. The molecule has 0 unspecified atom stereocenters. The first-order valence-electron chi connectivity index (χ1n) is 7.58. The van der Waals surface area contributed by atoms with Crippen molar-refractivity contribution in [2.24, 2.45) is 5.10 Å². The predicted molar refractivity (Wildman–Crippen MR) is 98.3 cm³/mol. The first-order valence-corrected chi connectivity index (χ1v) is 8.33. The summed E-state index contributed by atoms with van der Waals surface area (Å²) in [6.45, 7) is 4.20. The zero-order chi connectivity index (χ0) is 18.0. The van der Waals surface area contributed by atoms with E-state index in [-0.39, 0.29) is 12.5 Å². The van der Waals surface area contributed by atoms with Crippen LogP contribution in [0.25, 0.3) is 6.08 Å². The Morgan fingerprint density at radius 2 is 2.20 bits per heavy atom. The van der Waals surface area contributed by atoms with Gasteiger partial charge in [-0.3, -0.25) is 9.48 Å². The molecule has 0 spiro atoms. The number of aromatic nitrogens is 2. The first kappa shape index (κ1) is 17.5. The van der Waals surface area contributed by atoms with Crippen LogP contribution in [0.3, 0.4) is 0 Å². The maximum Gasteiger partial charge on any atom is 0.261 e. The second kappa shape index (κ2) is 7.29. The van der Waals surface area contributed by atoms with Gasteiger partial charge >= 0.3 is 0 Å². The topological polar surface area (TPSA) is 68.5 Å². The van der Waals surface area contributed by atoms with Gasteiger partial charge in [0.2, 0.25) is 0 Å². The van der Waals surface area contributed by atoms with Gasteiger partial charge in [-0.05, 0) is 38.1 Å². The largest absolute Gasteiger partial charge is 0.487 e. The third kappa shape index (κ3) is 4.21. The highest BCUT2D eigenvalue weighted by Gasteiger charge is 2.15. The number of hydrogen-bond acceptors (Lipinski definition) is 4. The van der Waals surface area contributed by atoms with Crippen LogP contribution >= 0.6 is 23.2 Å². The van der Waals surface area contributed by atoms with Crippen molar-refractivity contribution in [2.75, 3.05) is 6.61 Å². The lowest BCUT2D eigenvalue weighted by atomic mass is 10.1. The molecule has 0 saturated heterocycles. The molecule has 0 atom stereocenters. The molecule has 130 valence electrons. The third-order valence-corrected chi connectivity index (χ3v) is 4.08. The van der Waals surface area contributed by atoms with E-state index in [1.807, 2.05) is 26.0 Å². The van der Waals surface area contributed by atoms with Crippen LogP contribution in [-0.4, -0.2) is 28.5 Å². The summed E-state index contributed by atoms with van der Waals surface area (Å²) in [5.41, 5.74) is 5.84. The predicted octanol–water partition coefficient (Wildman–Crippen LogP) is 3.38. The number of nitrogens with one attached hydrogen (secondary N) is 1. The van der Waals surface area contributed by atoms with E-state index in [4.69, 9.17) is 27.9 Å². The van der Waals surface area contributed by atoms with Gasteiger partial charge in [0.15, 0.2) is 0 Å². The van der Waals surface area contributed by atoms with Crippen LogP contribution < -0.4 is 10.2 Å². The molecule has 1 N–H and O–H groups in total. The number of rotatable bonds is 4. The molecule has 3 rings (SSSR count). The normalized spacial score (nSPS) is 13.4. The minimum Gasteiger partial charge on any atom is -0.487 e. The number of nitrogens with zero attached hydrogens (tertiary/aromatic N) is 3. The fourth-order valence-corrected chi connectivity index (χ4v) is 3.07. The highest BCUT2D eigenvalue weighted by atomic mass is 35.5. The van der Waals surface area contributed by atoms with Gasteiger partial charge < -0.3 is 4.74 Å². The van der Waals surface area contributed by atoms with E-state index in [2.05, 4.69) is 15.6 Å². The van der Waals surface area contributed by atoms with Gasteiger partial charge in [0.1, 0.15) is 18.9 Å². The van der Waals surface area contributed by atoms with Gasteiger partial charge in [0.05, 0.1) is 16.9 Å². The smallest absolute Gasteiger partial charge is 0.261 e. The zero-order valence-corrected chi connectivity index (χ0v) is 15.2. The molecule has 1 aliphatic rings. The molecular weight excluding hydrogens is 363 g/mol. The van der Waals surface area contributed by atoms with Gasteiger partial charge in [-0.15, -0.1) is 0 Å². The lowest BCUT2D eigenvalue weighted by molar-refractivity contribution is -0.121. The highest BCUT2D eigenvalue weighted by Crippen LogP contribution is 2.36. The van der Waals surface area contributed by atoms with Crippen LogP contribution in [-0.2, 0) is 11.3 Å². The number of benzene rings is 1.